The lowest BCUT2D eigenvalue weighted by atomic mass is 9.95. The molecule has 6 rings (SSSR count). The maximum atomic E-state index is 14.0. The molecule has 5 aromatic rings. The SMILES string of the molecule is Cc1nc(C)c(C(=O)C2=C(O)C(=O)N(c3nnc(SCc4ccc(Cl)cc4)s3)C2c2cccc(Oc3ccccc3)c2)s1. The monoisotopic (exact) mass is 646 g/mol. The van der Waals surface area contributed by atoms with Gasteiger partial charge in [-0.3, -0.25) is 14.5 Å². The number of aliphatic hydroxyl groups excluding tert-OH is 1. The number of amides is 1. The van der Waals surface area contributed by atoms with E-state index in [0.29, 0.717) is 47.8 Å². The normalized spacial score (nSPS) is 14.9. The third-order valence-electron chi connectivity index (χ3n) is 6.59. The van der Waals surface area contributed by atoms with Crippen molar-refractivity contribution in [3.63, 3.8) is 0 Å². The fraction of sp³-hybridized carbons (Fsp3) is 0.129. The van der Waals surface area contributed by atoms with Crippen LogP contribution in [0.25, 0.3) is 0 Å². The molecule has 3 aromatic carbocycles. The quantitative estimate of drug-likeness (QED) is 0.0972. The molecule has 1 unspecified atom stereocenters. The van der Waals surface area contributed by atoms with Gasteiger partial charge in [-0.05, 0) is 61.4 Å². The number of hydrogen-bond donors (Lipinski definition) is 1. The molecule has 1 aliphatic heterocycles. The lowest BCUT2D eigenvalue weighted by Crippen LogP contribution is -2.31. The van der Waals surface area contributed by atoms with Crippen molar-refractivity contribution in [3.8, 4) is 11.5 Å². The largest absolute Gasteiger partial charge is 0.503 e. The van der Waals surface area contributed by atoms with Crippen LogP contribution in [0, 0.1) is 13.8 Å². The number of halogens is 1. The zero-order valence-corrected chi connectivity index (χ0v) is 26.1. The summed E-state index contributed by atoms with van der Waals surface area (Å²) in [5.74, 6) is -0.0455. The van der Waals surface area contributed by atoms with Gasteiger partial charge in [-0.25, -0.2) is 4.98 Å². The van der Waals surface area contributed by atoms with E-state index in [0.717, 1.165) is 5.56 Å². The summed E-state index contributed by atoms with van der Waals surface area (Å²) in [5, 5.41) is 21.4. The zero-order chi connectivity index (χ0) is 30.1. The molecule has 8 nitrogen and oxygen atoms in total. The second kappa shape index (κ2) is 12.3. The Morgan fingerprint density at radius 3 is 2.47 bits per heavy atom. The van der Waals surface area contributed by atoms with Crippen LogP contribution in [0.2, 0.25) is 5.02 Å². The first kappa shape index (κ1) is 29.1. The van der Waals surface area contributed by atoms with E-state index in [4.69, 9.17) is 16.3 Å². The van der Waals surface area contributed by atoms with Gasteiger partial charge in [-0.15, -0.1) is 21.5 Å². The number of rotatable bonds is 9. The van der Waals surface area contributed by atoms with E-state index in [1.165, 1.54) is 39.3 Å². The van der Waals surface area contributed by atoms with E-state index in [9.17, 15) is 14.7 Å². The predicted molar refractivity (Wildman–Crippen MR) is 170 cm³/mol. The van der Waals surface area contributed by atoms with Gasteiger partial charge < -0.3 is 9.84 Å². The molecule has 1 amide bonds. The highest BCUT2D eigenvalue weighted by molar-refractivity contribution is 8.00. The van der Waals surface area contributed by atoms with Crippen molar-refractivity contribution >= 4 is 62.9 Å². The van der Waals surface area contributed by atoms with Gasteiger partial charge in [0.15, 0.2) is 10.1 Å². The van der Waals surface area contributed by atoms with E-state index in [2.05, 4.69) is 15.2 Å². The van der Waals surface area contributed by atoms with Gasteiger partial charge in [0.1, 0.15) is 11.5 Å². The molecule has 2 aromatic heterocycles. The van der Waals surface area contributed by atoms with Gasteiger partial charge in [0, 0.05) is 10.8 Å². The summed E-state index contributed by atoms with van der Waals surface area (Å²) in [6, 6.07) is 23.0. The smallest absolute Gasteiger partial charge is 0.296 e. The number of ketones is 1. The van der Waals surface area contributed by atoms with Gasteiger partial charge in [-0.2, -0.15) is 0 Å². The molecule has 0 fully saturated rings. The highest BCUT2D eigenvalue weighted by Crippen LogP contribution is 2.45. The van der Waals surface area contributed by atoms with Crippen LogP contribution in [0.1, 0.15) is 37.5 Å². The molecule has 216 valence electrons. The molecule has 0 bridgehead atoms. The first-order valence-electron chi connectivity index (χ1n) is 13.1. The third kappa shape index (κ3) is 6.07. The molecule has 1 N–H and O–H groups in total. The Morgan fingerprint density at radius 2 is 1.74 bits per heavy atom. The van der Waals surface area contributed by atoms with Crippen LogP contribution in [0.5, 0.6) is 11.5 Å². The van der Waals surface area contributed by atoms with Crippen LogP contribution in [0.4, 0.5) is 5.13 Å². The van der Waals surface area contributed by atoms with Gasteiger partial charge in [-0.1, -0.05) is 77.2 Å². The first-order valence-corrected chi connectivity index (χ1v) is 16.1. The van der Waals surface area contributed by atoms with Crippen molar-refractivity contribution in [1.29, 1.82) is 0 Å². The van der Waals surface area contributed by atoms with Gasteiger partial charge in [0.05, 0.1) is 27.2 Å². The summed E-state index contributed by atoms with van der Waals surface area (Å²) < 4.78 is 6.68. The maximum absolute atomic E-state index is 14.0. The summed E-state index contributed by atoms with van der Waals surface area (Å²) in [7, 11) is 0. The number of hydrogen-bond acceptors (Lipinski definition) is 10. The Bertz CT molecular complexity index is 1850. The lowest BCUT2D eigenvalue weighted by molar-refractivity contribution is -0.117. The highest BCUT2D eigenvalue weighted by atomic mass is 35.5. The lowest BCUT2D eigenvalue weighted by Gasteiger charge is -2.24. The number of para-hydroxylation sites is 1. The number of aromatic nitrogens is 3. The molecule has 12 heteroatoms. The van der Waals surface area contributed by atoms with Crippen LogP contribution in [0.15, 0.2) is 94.5 Å². The Labute approximate surface area is 264 Å². The average molecular weight is 647 g/mol. The van der Waals surface area contributed by atoms with Gasteiger partial charge in [0.2, 0.25) is 10.9 Å². The van der Waals surface area contributed by atoms with E-state index in [1.807, 2.05) is 54.6 Å². The number of thioether (sulfide) groups is 1. The van der Waals surface area contributed by atoms with Gasteiger partial charge >= 0.3 is 0 Å². The van der Waals surface area contributed by atoms with Crippen LogP contribution >= 0.6 is 46.0 Å². The number of Topliss-reactive ketones (excluding diaryl/α,β-unsaturated/α-hetero) is 1. The van der Waals surface area contributed by atoms with Crippen molar-refractivity contribution in [1.82, 2.24) is 15.2 Å². The minimum Gasteiger partial charge on any atom is -0.503 e. The average Bonchev–Trinajstić information content (AvgIpc) is 3.68. The molecule has 0 aliphatic carbocycles. The van der Waals surface area contributed by atoms with Crippen molar-refractivity contribution in [2.45, 2.75) is 30.0 Å². The van der Waals surface area contributed by atoms with E-state index in [-0.39, 0.29) is 10.7 Å². The number of ether oxygens (including phenoxy) is 1. The van der Waals surface area contributed by atoms with E-state index < -0.39 is 23.5 Å². The molecule has 0 spiro atoms. The Balaban J connectivity index is 1.37. The molecule has 0 radical (unpaired) electrons. The minimum absolute atomic E-state index is 0.0424. The topological polar surface area (TPSA) is 106 Å². The summed E-state index contributed by atoms with van der Waals surface area (Å²) in [4.78, 5) is 33.7. The number of benzene rings is 3. The van der Waals surface area contributed by atoms with Crippen LogP contribution in [-0.2, 0) is 10.5 Å². The molecular formula is C31H23ClN4O4S3. The van der Waals surface area contributed by atoms with Crippen LogP contribution in [-0.4, -0.2) is 32.0 Å². The van der Waals surface area contributed by atoms with Crippen LogP contribution in [0.3, 0.4) is 0 Å². The Morgan fingerprint density at radius 1 is 1.00 bits per heavy atom. The molecule has 43 heavy (non-hydrogen) atoms. The third-order valence-corrected chi connectivity index (χ3v) is 10.0. The minimum atomic E-state index is -0.969. The summed E-state index contributed by atoms with van der Waals surface area (Å²) in [6.45, 7) is 3.54. The number of nitrogens with zero attached hydrogens (tertiary/aromatic N) is 4. The fourth-order valence-corrected chi connectivity index (χ4v) is 7.49. The number of anilines is 1. The van der Waals surface area contributed by atoms with Crippen LogP contribution < -0.4 is 9.64 Å². The van der Waals surface area contributed by atoms with Crippen molar-refractivity contribution in [2.75, 3.05) is 4.90 Å². The second-order valence-electron chi connectivity index (χ2n) is 9.57. The second-order valence-corrected chi connectivity index (χ2v) is 13.4. The summed E-state index contributed by atoms with van der Waals surface area (Å²) >= 11 is 9.90. The van der Waals surface area contributed by atoms with E-state index in [1.54, 1.807) is 38.1 Å². The van der Waals surface area contributed by atoms with E-state index >= 15 is 0 Å². The standard InChI is InChI=1S/C31H23ClN4O4S3/c1-17-28(42-18(2)33-17)26(37)24-25(20-7-6-10-23(15-20)40-22-8-4-3-5-9-22)36(29(39)27(24)38)30-34-35-31(43-30)41-16-19-11-13-21(32)14-12-19/h3-15,25,38H,16H2,1-2H3. The summed E-state index contributed by atoms with van der Waals surface area (Å²) in [6.07, 6.45) is 0. The molecule has 1 aliphatic rings. The molecule has 0 saturated heterocycles. The highest BCUT2D eigenvalue weighted by Gasteiger charge is 2.47. The zero-order valence-electron chi connectivity index (χ0n) is 22.9. The number of carbonyl (C=O) groups is 2. The first-order chi connectivity index (χ1) is 20.8. The Hall–Kier alpha value is -4.03. The number of thiazole rings is 1. The molecular weight excluding hydrogens is 624 g/mol. The Kier molecular flexibility index (Phi) is 8.31. The number of aliphatic hydroxyl groups is 1. The molecule has 0 saturated carbocycles. The van der Waals surface area contributed by atoms with Crippen molar-refractivity contribution < 1.29 is 19.4 Å². The molecule has 3 heterocycles. The van der Waals surface area contributed by atoms with Crippen molar-refractivity contribution in [2.24, 2.45) is 0 Å². The number of carbonyl (C=O) groups excluding carboxylic acids is 2. The predicted octanol–water partition coefficient (Wildman–Crippen LogP) is 8.13. The van der Waals surface area contributed by atoms with Crippen molar-refractivity contribution in [3.05, 3.63) is 122 Å². The summed E-state index contributed by atoms with van der Waals surface area (Å²) in [5.41, 5.74) is 2.12. The number of aryl methyl sites for hydroxylation is 2. The fourth-order valence-electron chi connectivity index (χ4n) is 4.67. The van der Waals surface area contributed by atoms with Gasteiger partial charge in [0.25, 0.3) is 5.91 Å². The molecule has 1 atom stereocenters. The maximum Gasteiger partial charge on any atom is 0.296 e.